The van der Waals surface area contributed by atoms with Crippen LogP contribution in [0, 0.1) is 0 Å². The summed E-state index contributed by atoms with van der Waals surface area (Å²) < 4.78 is 1.03. The van der Waals surface area contributed by atoms with Crippen LogP contribution in [0.2, 0.25) is 0 Å². The molecule has 5 heteroatoms. The lowest BCUT2D eigenvalue weighted by Gasteiger charge is -2.28. The summed E-state index contributed by atoms with van der Waals surface area (Å²) in [4.78, 5) is 19.3. The van der Waals surface area contributed by atoms with Crippen molar-refractivity contribution in [3.05, 3.63) is 52.8 Å². The van der Waals surface area contributed by atoms with Crippen molar-refractivity contribution in [3.8, 4) is 0 Å². The first kappa shape index (κ1) is 12.7. The summed E-state index contributed by atoms with van der Waals surface area (Å²) in [6.07, 6.45) is 1.75. The van der Waals surface area contributed by atoms with Gasteiger partial charge < -0.3 is 4.90 Å². The van der Waals surface area contributed by atoms with Gasteiger partial charge in [0.1, 0.15) is 0 Å². The first-order chi connectivity index (χ1) is 9.24. The molecule has 0 saturated carbocycles. The van der Waals surface area contributed by atoms with E-state index in [0.29, 0.717) is 12.3 Å². The van der Waals surface area contributed by atoms with Crippen LogP contribution >= 0.6 is 27.7 Å². The predicted molar refractivity (Wildman–Crippen MR) is 80.3 cm³/mol. The van der Waals surface area contributed by atoms with E-state index >= 15 is 0 Å². The number of aromatic nitrogens is 1. The van der Waals surface area contributed by atoms with Crippen molar-refractivity contribution in [2.75, 3.05) is 10.7 Å². The number of halogens is 1. The average Bonchev–Trinajstić information content (AvgIpc) is 2.43. The molecule has 0 unspecified atom stereocenters. The number of hydrogen-bond donors (Lipinski definition) is 0. The highest BCUT2D eigenvalue weighted by molar-refractivity contribution is 9.10. The minimum Gasteiger partial charge on any atom is -0.305 e. The summed E-state index contributed by atoms with van der Waals surface area (Å²) in [5.74, 6) is 0.612. The van der Waals surface area contributed by atoms with Crippen LogP contribution in [0.3, 0.4) is 0 Å². The van der Waals surface area contributed by atoms with Crippen molar-refractivity contribution >= 4 is 39.3 Å². The molecule has 0 atom stereocenters. The number of nitrogens with zero attached hydrogens (tertiary/aromatic N) is 2. The minimum absolute atomic E-state index is 0.130. The van der Waals surface area contributed by atoms with Gasteiger partial charge in [0, 0.05) is 15.6 Å². The molecule has 1 aromatic carbocycles. The third-order valence-electron chi connectivity index (χ3n) is 2.91. The Balaban J connectivity index is 1.95. The third-order valence-corrected chi connectivity index (χ3v) is 4.43. The van der Waals surface area contributed by atoms with Crippen molar-refractivity contribution in [3.63, 3.8) is 0 Å². The molecule has 0 fully saturated rings. The summed E-state index contributed by atoms with van der Waals surface area (Å²) >= 11 is 5.05. The number of carbonyl (C=O) groups is 1. The van der Waals surface area contributed by atoms with E-state index in [4.69, 9.17) is 0 Å². The molecule has 96 valence electrons. The number of hydrogen-bond acceptors (Lipinski definition) is 3. The maximum atomic E-state index is 12.1. The van der Waals surface area contributed by atoms with Crippen LogP contribution in [0.5, 0.6) is 0 Å². The fourth-order valence-corrected chi connectivity index (χ4v) is 3.49. The Morgan fingerprint density at radius 2 is 2.21 bits per heavy atom. The van der Waals surface area contributed by atoms with Crippen molar-refractivity contribution in [1.29, 1.82) is 0 Å². The van der Waals surface area contributed by atoms with Crippen LogP contribution in [-0.2, 0) is 11.3 Å². The molecule has 1 amide bonds. The molecule has 19 heavy (non-hydrogen) atoms. The number of anilines is 1. The molecule has 0 aliphatic carbocycles. The summed E-state index contributed by atoms with van der Waals surface area (Å²) in [5, 5.41) is 0. The van der Waals surface area contributed by atoms with E-state index in [1.165, 1.54) is 0 Å². The van der Waals surface area contributed by atoms with Crippen LogP contribution in [-0.4, -0.2) is 16.6 Å². The molecule has 2 aromatic rings. The highest BCUT2D eigenvalue weighted by Gasteiger charge is 2.25. The second kappa shape index (κ2) is 5.35. The number of benzene rings is 1. The van der Waals surface area contributed by atoms with Crippen molar-refractivity contribution < 1.29 is 4.79 Å². The van der Waals surface area contributed by atoms with Crippen LogP contribution in [0.15, 0.2) is 52.0 Å². The normalized spacial score (nSPS) is 14.4. The molecule has 0 radical (unpaired) electrons. The zero-order valence-electron chi connectivity index (χ0n) is 10.0. The number of thioether (sulfide) groups is 1. The van der Waals surface area contributed by atoms with E-state index in [-0.39, 0.29) is 5.91 Å². The fourth-order valence-electron chi connectivity index (χ4n) is 2.01. The van der Waals surface area contributed by atoms with Crippen LogP contribution in [0.4, 0.5) is 5.69 Å². The second-order valence-electron chi connectivity index (χ2n) is 4.20. The maximum Gasteiger partial charge on any atom is 0.237 e. The molecule has 3 rings (SSSR count). The maximum absolute atomic E-state index is 12.1. The molecule has 1 aliphatic rings. The van der Waals surface area contributed by atoms with E-state index in [9.17, 15) is 4.79 Å². The number of carbonyl (C=O) groups excluding carboxylic acids is 1. The van der Waals surface area contributed by atoms with Gasteiger partial charge in [-0.1, -0.05) is 22.0 Å². The highest BCUT2D eigenvalue weighted by atomic mass is 79.9. The summed E-state index contributed by atoms with van der Waals surface area (Å²) in [7, 11) is 0. The molecular weight excluding hydrogens is 324 g/mol. The van der Waals surface area contributed by atoms with Gasteiger partial charge in [0.05, 0.1) is 23.7 Å². The molecular formula is C14H11BrN2OS. The lowest BCUT2D eigenvalue weighted by atomic mass is 10.2. The molecule has 1 aliphatic heterocycles. The molecule has 0 spiro atoms. The van der Waals surface area contributed by atoms with Gasteiger partial charge in [-0.15, -0.1) is 11.8 Å². The predicted octanol–water partition coefficient (Wildman–Crippen LogP) is 3.48. The monoisotopic (exact) mass is 334 g/mol. The van der Waals surface area contributed by atoms with Gasteiger partial charge in [-0.3, -0.25) is 9.78 Å². The molecule has 0 N–H and O–H groups in total. The van der Waals surface area contributed by atoms with Crippen molar-refractivity contribution in [2.24, 2.45) is 0 Å². The topological polar surface area (TPSA) is 33.2 Å². The third kappa shape index (κ3) is 2.67. The smallest absolute Gasteiger partial charge is 0.237 e. The summed E-state index contributed by atoms with van der Waals surface area (Å²) in [6, 6.07) is 11.7. The Bertz CT molecular complexity index is 618. The fraction of sp³-hybridized carbons (Fsp3) is 0.143. The Labute approximate surface area is 124 Å². The Hall–Kier alpha value is -1.33. The number of rotatable bonds is 2. The highest BCUT2D eigenvalue weighted by Crippen LogP contribution is 2.37. The largest absolute Gasteiger partial charge is 0.305 e. The summed E-state index contributed by atoms with van der Waals surface area (Å²) in [6.45, 7) is 0.523. The first-order valence-corrected chi connectivity index (χ1v) is 7.64. The SMILES string of the molecule is O=C1CSc2cc(Br)ccc2N1Cc1ccccn1. The van der Waals surface area contributed by atoms with Gasteiger partial charge in [0.15, 0.2) is 0 Å². The van der Waals surface area contributed by atoms with Gasteiger partial charge in [-0.2, -0.15) is 0 Å². The van der Waals surface area contributed by atoms with Crippen LogP contribution in [0.1, 0.15) is 5.69 Å². The van der Waals surface area contributed by atoms with Gasteiger partial charge in [-0.05, 0) is 30.3 Å². The molecule has 1 aromatic heterocycles. The van der Waals surface area contributed by atoms with Crippen molar-refractivity contribution in [2.45, 2.75) is 11.4 Å². The van der Waals surface area contributed by atoms with E-state index < -0.39 is 0 Å². The zero-order valence-corrected chi connectivity index (χ0v) is 12.4. The van der Waals surface area contributed by atoms with Crippen molar-refractivity contribution in [1.82, 2.24) is 4.98 Å². The number of amides is 1. The van der Waals surface area contributed by atoms with Crippen LogP contribution in [0.25, 0.3) is 0 Å². The molecule has 3 nitrogen and oxygen atoms in total. The van der Waals surface area contributed by atoms with E-state index in [0.717, 1.165) is 20.7 Å². The average molecular weight is 335 g/mol. The minimum atomic E-state index is 0.130. The van der Waals surface area contributed by atoms with Gasteiger partial charge in [-0.25, -0.2) is 0 Å². The standard InChI is InChI=1S/C14H11BrN2OS/c15-10-4-5-12-13(7-10)19-9-14(18)17(12)8-11-3-1-2-6-16-11/h1-7H,8-9H2. The Morgan fingerprint density at radius 3 is 3.00 bits per heavy atom. The van der Waals surface area contributed by atoms with Gasteiger partial charge >= 0.3 is 0 Å². The zero-order chi connectivity index (χ0) is 13.2. The Morgan fingerprint density at radius 1 is 1.32 bits per heavy atom. The van der Waals surface area contributed by atoms with E-state index in [1.807, 2.05) is 30.3 Å². The number of pyridine rings is 1. The Kier molecular flexibility index (Phi) is 3.57. The van der Waals surface area contributed by atoms with E-state index in [2.05, 4.69) is 27.0 Å². The lowest BCUT2D eigenvalue weighted by molar-refractivity contribution is -0.116. The molecule has 0 saturated heterocycles. The lowest BCUT2D eigenvalue weighted by Crippen LogP contribution is -2.35. The first-order valence-electron chi connectivity index (χ1n) is 5.86. The number of fused-ring (bicyclic) bond motifs is 1. The van der Waals surface area contributed by atoms with E-state index in [1.54, 1.807) is 22.9 Å². The molecule has 2 heterocycles. The van der Waals surface area contributed by atoms with Gasteiger partial charge in [0.2, 0.25) is 5.91 Å². The van der Waals surface area contributed by atoms with Gasteiger partial charge in [0.25, 0.3) is 0 Å². The quantitative estimate of drug-likeness (QED) is 0.842. The second-order valence-corrected chi connectivity index (χ2v) is 6.13. The summed E-state index contributed by atoms with van der Waals surface area (Å²) in [5.41, 5.74) is 1.87. The van der Waals surface area contributed by atoms with Crippen LogP contribution < -0.4 is 4.90 Å². The molecule has 0 bridgehead atoms.